The second-order valence-corrected chi connectivity index (χ2v) is 5.10. The first-order valence-electron chi connectivity index (χ1n) is 5.85. The number of likely N-dealkylation sites (tertiary alicyclic amines) is 1. The number of nitrogens with one attached hydrogen (secondary N) is 1. The van der Waals surface area contributed by atoms with Crippen LogP contribution < -0.4 is 5.32 Å². The maximum atomic E-state index is 12.0. The van der Waals surface area contributed by atoms with Crippen LogP contribution in [0.3, 0.4) is 0 Å². The predicted octanol–water partition coefficient (Wildman–Crippen LogP) is 2.00. The van der Waals surface area contributed by atoms with Gasteiger partial charge in [-0.05, 0) is 19.3 Å². The Balaban J connectivity index is 1.99. The van der Waals surface area contributed by atoms with Crippen molar-refractivity contribution in [3.05, 3.63) is 11.6 Å². The fourth-order valence-corrected chi connectivity index (χ4v) is 2.65. The average molecular weight is 269 g/mol. The summed E-state index contributed by atoms with van der Waals surface area (Å²) >= 11 is 1.34. The highest BCUT2D eigenvalue weighted by Crippen LogP contribution is 2.21. The number of urea groups is 1. The highest BCUT2D eigenvalue weighted by molar-refractivity contribution is 7.13. The van der Waals surface area contributed by atoms with Gasteiger partial charge in [-0.3, -0.25) is 10.1 Å². The normalized spacial score (nSPS) is 19.6. The van der Waals surface area contributed by atoms with Crippen molar-refractivity contribution in [1.29, 1.82) is 0 Å². The van der Waals surface area contributed by atoms with E-state index in [0.29, 0.717) is 11.7 Å². The zero-order valence-corrected chi connectivity index (χ0v) is 10.7. The van der Waals surface area contributed by atoms with Crippen molar-refractivity contribution >= 4 is 28.5 Å². The van der Waals surface area contributed by atoms with Crippen LogP contribution in [0.1, 0.15) is 25.7 Å². The predicted molar refractivity (Wildman–Crippen MR) is 67.7 cm³/mol. The molecule has 1 fully saturated rings. The summed E-state index contributed by atoms with van der Waals surface area (Å²) in [5.74, 6) is -0.867. The summed E-state index contributed by atoms with van der Waals surface area (Å²) in [7, 11) is 0. The summed E-state index contributed by atoms with van der Waals surface area (Å²) in [6, 6.07) is -0.466. The number of carbonyl (C=O) groups is 2. The van der Waals surface area contributed by atoms with E-state index in [0.717, 1.165) is 19.3 Å². The Labute approximate surface area is 109 Å². The molecule has 1 aromatic rings. The molecule has 7 heteroatoms. The molecule has 2 heterocycles. The van der Waals surface area contributed by atoms with Crippen molar-refractivity contribution < 1.29 is 14.7 Å². The molecule has 0 radical (unpaired) electrons. The first-order valence-corrected chi connectivity index (χ1v) is 6.73. The first kappa shape index (κ1) is 12.8. The largest absolute Gasteiger partial charge is 0.481 e. The van der Waals surface area contributed by atoms with E-state index >= 15 is 0 Å². The van der Waals surface area contributed by atoms with Gasteiger partial charge in [0, 0.05) is 24.2 Å². The number of aliphatic carboxylic acids is 1. The van der Waals surface area contributed by atoms with Gasteiger partial charge < -0.3 is 10.0 Å². The van der Waals surface area contributed by atoms with E-state index in [-0.39, 0.29) is 18.5 Å². The number of rotatable bonds is 3. The van der Waals surface area contributed by atoms with Crippen LogP contribution >= 0.6 is 11.3 Å². The number of carboxylic acids is 1. The quantitative estimate of drug-likeness (QED) is 0.879. The topological polar surface area (TPSA) is 82.5 Å². The third kappa shape index (κ3) is 3.19. The highest BCUT2D eigenvalue weighted by atomic mass is 32.1. The molecule has 1 saturated heterocycles. The molecule has 2 N–H and O–H groups in total. The van der Waals surface area contributed by atoms with Gasteiger partial charge in [0.15, 0.2) is 5.13 Å². The van der Waals surface area contributed by atoms with Crippen molar-refractivity contribution in [3.63, 3.8) is 0 Å². The number of nitrogens with zero attached hydrogens (tertiary/aromatic N) is 2. The van der Waals surface area contributed by atoms with Gasteiger partial charge in [-0.15, -0.1) is 11.3 Å². The van der Waals surface area contributed by atoms with Crippen LogP contribution in [0, 0.1) is 0 Å². The van der Waals surface area contributed by atoms with Crippen LogP contribution in [0.25, 0.3) is 0 Å². The van der Waals surface area contributed by atoms with E-state index in [4.69, 9.17) is 5.11 Å². The maximum absolute atomic E-state index is 12.0. The van der Waals surface area contributed by atoms with Gasteiger partial charge >= 0.3 is 12.0 Å². The maximum Gasteiger partial charge on any atom is 0.323 e. The minimum atomic E-state index is -0.867. The van der Waals surface area contributed by atoms with Crippen molar-refractivity contribution in [2.75, 3.05) is 11.9 Å². The number of hydrogen-bond acceptors (Lipinski definition) is 4. The van der Waals surface area contributed by atoms with Crippen LogP contribution in [0.4, 0.5) is 9.93 Å². The van der Waals surface area contributed by atoms with E-state index in [1.807, 2.05) is 0 Å². The van der Waals surface area contributed by atoms with Gasteiger partial charge in [-0.1, -0.05) is 0 Å². The monoisotopic (exact) mass is 269 g/mol. The van der Waals surface area contributed by atoms with Crippen molar-refractivity contribution in [2.24, 2.45) is 0 Å². The van der Waals surface area contributed by atoms with Crippen LogP contribution in [-0.2, 0) is 4.79 Å². The average Bonchev–Trinajstić information content (AvgIpc) is 2.81. The first-order chi connectivity index (χ1) is 8.66. The summed E-state index contributed by atoms with van der Waals surface area (Å²) in [6.07, 6.45) is 4.26. The fraction of sp³-hybridized carbons (Fsp3) is 0.545. The standard InChI is InChI=1S/C11H15N3O3S/c15-9(16)7-8-3-1-2-5-14(8)11(17)13-10-12-4-6-18-10/h4,6,8H,1-3,5,7H2,(H,15,16)(H,12,13,17). The molecule has 0 aliphatic carbocycles. The number of carboxylic acid groups (broad SMARTS) is 1. The van der Waals surface area contributed by atoms with Crippen LogP contribution in [0.15, 0.2) is 11.6 Å². The summed E-state index contributed by atoms with van der Waals surface area (Å²) in [5.41, 5.74) is 0. The number of amides is 2. The summed E-state index contributed by atoms with van der Waals surface area (Å²) in [5, 5.41) is 13.9. The van der Waals surface area contributed by atoms with Crippen molar-refractivity contribution in [2.45, 2.75) is 31.7 Å². The Morgan fingerprint density at radius 2 is 2.39 bits per heavy atom. The molecular weight excluding hydrogens is 254 g/mol. The minimum absolute atomic E-state index is 0.00525. The molecule has 2 rings (SSSR count). The molecule has 6 nitrogen and oxygen atoms in total. The van der Waals surface area contributed by atoms with Gasteiger partial charge in [0.05, 0.1) is 6.42 Å². The van der Waals surface area contributed by atoms with Gasteiger partial charge in [0.1, 0.15) is 0 Å². The highest BCUT2D eigenvalue weighted by Gasteiger charge is 2.28. The van der Waals surface area contributed by atoms with Crippen LogP contribution in [0.5, 0.6) is 0 Å². The smallest absolute Gasteiger partial charge is 0.323 e. The molecule has 1 aliphatic rings. The van der Waals surface area contributed by atoms with Gasteiger partial charge in [0.25, 0.3) is 0 Å². The lowest BCUT2D eigenvalue weighted by molar-refractivity contribution is -0.138. The zero-order chi connectivity index (χ0) is 13.0. The molecule has 0 aromatic carbocycles. The van der Waals surface area contributed by atoms with Crippen molar-refractivity contribution in [3.8, 4) is 0 Å². The number of anilines is 1. The Hall–Kier alpha value is -1.63. The molecule has 98 valence electrons. The Morgan fingerprint density at radius 3 is 3.06 bits per heavy atom. The molecular formula is C11H15N3O3S. The van der Waals surface area contributed by atoms with Crippen molar-refractivity contribution in [1.82, 2.24) is 9.88 Å². The van der Waals surface area contributed by atoms with Crippen LogP contribution in [0.2, 0.25) is 0 Å². The third-order valence-electron chi connectivity index (χ3n) is 2.94. The number of piperidine rings is 1. The van der Waals surface area contributed by atoms with E-state index in [1.165, 1.54) is 11.3 Å². The van der Waals surface area contributed by atoms with Gasteiger partial charge in [0.2, 0.25) is 0 Å². The van der Waals surface area contributed by atoms with E-state index < -0.39 is 5.97 Å². The minimum Gasteiger partial charge on any atom is -0.481 e. The number of thiazole rings is 1. The Morgan fingerprint density at radius 1 is 1.56 bits per heavy atom. The number of aromatic nitrogens is 1. The molecule has 2 amide bonds. The summed E-state index contributed by atoms with van der Waals surface area (Å²) in [4.78, 5) is 28.4. The lowest BCUT2D eigenvalue weighted by atomic mass is 10.00. The van der Waals surface area contributed by atoms with E-state index in [2.05, 4.69) is 10.3 Å². The van der Waals surface area contributed by atoms with Crippen LogP contribution in [-0.4, -0.2) is 39.6 Å². The molecule has 18 heavy (non-hydrogen) atoms. The second-order valence-electron chi connectivity index (χ2n) is 4.21. The number of carbonyl (C=O) groups excluding carboxylic acids is 1. The Bertz CT molecular complexity index is 421. The summed E-state index contributed by atoms with van der Waals surface area (Å²) in [6.45, 7) is 0.606. The second kappa shape index (κ2) is 5.81. The molecule has 0 saturated carbocycles. The van der Waals surface area contributed by atoms with Gasteiger partial charge in [-0.2, -0.15) is 0 Å². The summed E-state index contributed by atoms with van der Waals surface area (Å²) < 4.78 is 0. The molecule has 1 atom stereocenters. The number of hydrogen-bond donors (Lipinski definition) is 2. The molecule has 0 spiro atoms. The molecule has 1 unspecified atom stereocenters. The lowest BCUT2D eigenvalue weighted by Gasteiger charge is -2.34. The molecule has 0 bridgehead atoms. The Kier molecular flexibility index (Phi) is 4.14. The third-order valence-corrected chi connectivity index (χ3v) is 3.63. The van der Waals surface area contributed by atoms with Gasteiger partial charge in [-0.25, -0.2) is 9.78 Å². The molecule has 1 aromatic heterocycles. The fourth-order valence-electron chi connectivity index (χ4n) is 2.13. The lowest BCUT2D eigenvalue weighted by Crippen LogP contribution is -2.46. The molecule has 1 aliphatic heterocycles. The zero-order valence-electron chi connectivity index (χ0n) is 9.83. The van der Waals surface area contributed by atoms with E-state index in [1.54, 1.807) is 16.5 Å². The SMILES string of the molecule is O=C(O)CC1CCCCN1C(=O)Nc1nccs1. The van der Waals surface area contributed by atoms with E-state index in [9.17, 15) is 9.59 Å².